The third-order valence-corrected chi connectivity index (χ3v) is 3.66. The summed E-state index contributed by atoms with van der Waals surface area (Å²) in [7, 11) is 0. The molecule has 0 saturated heterocycles. The monoisotopic (exact) mass is 360 g/mol. The zero-order chi connectivity index (χ0) is 18.6. The molecule has 2 N–H and O–H groups in total. The van der Waals surface area contributed by atoms with Gasteiger partial charge in [0, 0.05) is 29.7 Å². The van der Waals surface area contributed by atoms with Gasteiger partial charge in [0.05, 0.1) is 0 Å². The molecule has 0 bridgehead atoms. The van der Waals surface area contributed by atoms with Crippen molar-refractivity contribution >= 4 is 22.9 Å². The first-order chi connectivity index (χ1) is 12.4. The van der Waals surface area contributed by atoms with E-state index in [0.29, 0.717) is 5.56 Å². The molecule has 1 heterocycles. The van der Waals surface area contributed by atoms with Crippen molar-refractivity contribution in [1.82, 2.24) is 10.3 Å². The Balaban J connectivity index is 1.55. The number of amides is 1. The molecule has 0 aliphatic carbocycles. The number of nitrogens with one attached hydrogen (secondary N) is 2. The third kappa shape index (κ3) is 4.66. The number of benzene rings is 2. The van der Waals surface area contributed by atoms with Crippen molar-refractivity contribution in [3.63, 3.8) is 0 Å². The van der Waals surface area contributed by atoms with Gasteiger partial charge in [-0.05, 0) is 35.4 Å². The van der Waals surface area contributed by atoms with E-state index in [9.17, 15) is 18.0 Å². The van der Waals surface area contributed by atoms with Crippen molar-refractivity contribution in [2.75, 3.05) is 0 Å². The van der Waals surface area contributed by atoms with Gasteiger partial charge in [0.25, 0.3) is 0 Å². The highest BCUT2D eigenvalue weighted by atomic mass is 19.4. The van der Waals surface area contributed by atoms with Crippen molar-refractivity contribution in [1.29, 1.82) is 0 Å². The number of fused-ring (bicyclic) bond motifs is 1. The van der Waals surface area contributed by atoms with Crippen LogP contribution in [0.15, 0.2) is 60.8 Å². The normalized spacial score (nSPS) is 11.8. The van der Waals surface area contributed by atoms with Crippen LogP contribution >= 0.6 is 0 Å². The van der Waals surface area contributed by atoms with Gasteiger partial charge in [-0.1, -0.05) is 30.3 Å². The number of alkyl halides is 3. The number of halogens is 3. The van der Waals surface area contributed by atoms with Gasteiger partial charge >= 0.3 is 6.36 Å². The molecule has 3 aromatic rings. The predicted molar refractivity (Wildman–Crippen MR) is 92.3 cm³/mol. The van der Waals surface area contributed by atoms with E-state index < -0.39 is 6.36 Å². The second kappa shape index (κ2) is 7.35. The van der Waals surface area contributed by atoms with Gasteiger partial charge in [-0.15, -0.1) is 13.2 Å². The van der Waals surface area contributed by atoms with E-state index in [2.05, 4.69) is 15.0 Å². The Morgan fingerprint density at radius 2 is 1.85 bits per heavy atom. The zero-order valence-electron chi connectivity index (χ0n) is 13.5. The molecule has 0 atom stereocenters. The molecule has 4 nitrogen and oxygen atoms in total. The van der Waals surface area contributed by atoms with Crippen molar-refractivity contribution in [3.8, 4) is 5.75 Å². The first kappa shape index (κ1) is 17.6. The summed E-state index contributed by atoms with van der Waals surface area (Å²) in [5, 5.41) is 3.69. The number of ether oxygens (including phenoxy) is 1. The molecule has 0 aliphatic heterocycles. The van der Waals surface area contributed by atoms with E-state index in [-0.39, 0.29) is 18.2 Å². The average molecular weight is 360 g/mol. The highest BCUT2D eigenvalue weighted by Gasteiger charge is 2.30. The summed E-state index contributed by atoms with van der Waals surface area (Å²) in [5.74, 6) is -0.599. The van der Waals surface area contributed by atoms with Crippen molar-refractivity contribution in [2.45, 2.75) is 12.9 Å². The molecule has 0 spiro atoms. The summed E-state index contributed by atoms with van der Waals surface area (Å²) in [6, 6.07) is 13.1. The van der Waals surface area contributed by atoms with Crippen LogP contribution in [0.5, 0.6) is 5.75 Å². The number of carbonyl (C=O) groups excluding carboxylic acids is 1. The number of aromatic amines is 1. The minimum atomic E-state index is -4.72. The standard InChI is InChI=1S/C19H15F3N2O2/c20-19(21,22)26-15-8-5-13(6-9-15)11-24-18(25)10-7-14-12-23-17-4-2-1-3-16(14)17/h1-10,12,23H,11H2,(H,24,25). The van der Waals surface area contributed by atoms with E-state index in [0.717, 1.165) is 16.5 Å². The summed E-state index contributed by atoms with van der Waals surface area (Å²) in [5.41, 5.74) is 2.53. The van der Waals surface area contributed by atoms with Gasteiger partial charge in [-0.2, -0.15) is 0 Å². The van der Waals surface area contributed by atoms with E-state index in [4.69, 9.17) is 0 Å². The summed E-state index contributed by atoms with van der Waals surface area (Å²) in [4.78, 5) is 15.0. The zero-order valence-corrected chi connectivity index (χ0v) is 13.5. The molecule has 0 saturated carbocycles. The fourth-order valence-corrected chi connectivity index (χ4v) is 2.45. The molecule has 2 aromatic carbocycles. The SMILES string of the molecule is O=C(C=Cc1c[nH]c2ccccc12)NCc1ccc(OC(F)(F)F)cc1. The number of H-pyrrole nitrogens is 1. The Kier molecular flexibility index (Phi) is 4.97. The Labute approximate surface area is 147 Å². The van der Waals surface area contributed by atoms with Gasteiger partial charge < -0.3 is 15.0 Å². The number of hydrogen-bond donors (Lipinski definition) is 2. The third-order valence-electron chi connectivity index (χ3n) is 3.66. The van der Waals surface area contributed by atoms with Gasteiger partial charge in [0.15, 0.2) is 0 Å². The molecular weight excluding hydrogens is 345 g/mol. The van der Waals surface area contributed by atoms with E-state index in [1.54, 1.807) is 6.08 Å². The largest absolute Gasteiger partial charge is 0.573 e. The smallest absolute Gasteiger partial charge is 0.406 e. The van der Waals surface area contributed by atoms with Crippen LogP contribution in [0.25, 0.3) is 17.0 Å². The van der Waals surface area contributed by atoms with Gasteiger partial charge in [0.1, 0.15) is 5.75 Å². The molecule has 26 heavy (non-hydrogen) atoms. The van der Waals surface area contributed by atoms with Crippen LogP contribution in [0, 0.1) is 0 Å². The van der Waals surface area contributed by atoms with Crippen LogP contribution in [0.4, 0.5) is 13.2 Å². The second-order valence-corrected chi connectivity index (χ2v) is 5.53. The average Bonchev–Trinajstić information content (AvgIpc) is 3.01. The molecule has 1 aromatic heterocycles. The number of rotatable bonds is 5. The van der Waals surface area contributed by atoms with Gasteiger partial charge in [-0.25, -0.2) is 0 Å². The Bertz CT molecular complexity index is 928. The minimum Gasteiger partial charge on any atom is -0.406 e. The Hall–Kier alpha value is -3.22. The molecule has 134 valence electrons. The molecule has 0 aliphatic rings. The summed E-state index contributed by atoms with van der Waals surface area (Å²) in [6.07, 6.45) is 0.210. The molecule has 1 amide bonds. The van der Waals surface area contributed by atoms with Crippen molar-refractivity contribution in [3.05, 3.63) is 71.9 Å². The van der Waals surface area contributed by atoms with Gasteiger partial charge in [0.2, 0.25) is 5.91 Å². The molecule has 0 unspecified atom stereocenters. The maximum absolute atomic E-state index is 12.1. The highest BCUT2D eigenvalue weighted by Crippen LogP contribution is 2.22. The van der Waals surface area contributed by atoms with Crippen LogP contribution in [0.3, 0.4) is 0 Å². The summed E-state index contributed by atoms with van der Waals surface area (Å²) < 4.78 is 40.1. The van der Waals surface area contributed by atoms with Crippen LogP contribution in [0.1, 0.15) is 11.1 Å². The van der Waals surface area contributed by atoms with Crippen LogP contribution in [-0.4, -0.2) is 17.3 Å². The molecular formula is C19H15F3N2O2. The van der Waals surface area contributed by atoms with E-state index in [1.165, 1.54) is 30.3 Å². The summed E-state index contributed by atoms with van der Waals surface area (Å²) in [6.45, 7) is 0.198. The molecule has 0 radical (unpaired) electrons. The van der Waals surface area contributed by atoms with Crippen LogP contribution in [0.2, 0.25) is 0 Å². The lowest BCUT2D eigenvalue weighted by atomic mass is 10.1. The van der Waals surface area contributed by atoms with E-state index >= 15 is 0 Å². The highest BCUT2D eigenvalue weighted by molar-refractivity contribution is 5.96. The predicted octanol–water partition coefficient (Wildman–Crippen LogP) is 4.40. The number of carbonyl (C=O) groups is 1. The fraction of sp³-hybridized carbons (Fsp3) is 0.105. The van der Waals surface area contributed by atoms with Crippen LogP contribution < -0.4 is 10.1 Å². The fourth-order valence-electron chi connectivity index (χ4n) is 2.45. The lowest BCUT2D eigenvalue weighted by Gasteiger charge is -2.09. The number of hydrogen-bond acceptors (Lipinski definition) is 2. The quantitative estimate of drug-likeness (QED) is 0.663. The van der Waals surface area contributed by atoms with Crippen LogP contribution in [-0.2, 0) is 11.3 Å². The molecule has 3 rings (SSSR count). The van der Waals surface area contributed by atoms with Gasteiger partial charge in [-0.3, -0.25) is 4.79 Å². The molecule has 0 fully saturated rings. The lowest BCUT2D eigenvalue weighted by molar-refractivity contribution is -0.274. The maximum atomic E-state index is 12.1. The first-order valence-corrected chi connectivity index (χ1v) is 7.77. The topological polar surface area (TPSA) is 54.1 Å². The van der Waals surface area contributed by atoms with E-state index in [1.807, 2.05) is 30.5 Å². The van der Waals surface area contributed by atoms with Crippen molar-refractivity contribution < 1.29 is 22.7 Å². The lowest BCUT2D eigenvalue weighted by Crippen LogP contribution is -2.20. The minimum absolute atomic E-state index is 0.198. The summed E-state index contributed by atoms with van der Waals surface area (Å²) >= 11 is 0. The number of para-hydroxylation sites is 1. The maximum Gasteiger partial charge on any atom is 0.573 e. The Morgan fingerprint density at radius 3 is 2.58 bits per heavy atom. The first-order valence-electron chi connectivity index (χ1n) is 7.77. The van der Waals surface area contributed by atoms with Crippen molar-refractivity contribution in [2.24, 2.45) is 0 Å². The Morgan fingerprint density at radius 1 is 1.12 bits per heavy atom. The molecule has 7 heteroatoms. The number of aromatic nitrogens is 1. The second-order valence-electron chi connectivity index (χ2n) is 5.53.